The minimum Gasteiger partial charge on any atom is -0.183 e. The maximum absolute atomic E-state index is 6.26. The van der Waals surface area contributed by atoms with Crippen LogP contribution in [0.25, 0.3) is 0 Å². The van der Waals surface area contributed by atoms with Crippen molar-refractivity contribution >= 4 is 7.64 Å². The topological polar surface area (TPSA) is 889 Å². The molecule has 0 saturated carbocycles. The molecule has 0 rings (SSSR count). The fourth-order valence-corrected chi connectivity index (χ4v) is 1.23. The van der Waals surface area contributed by atoms with E-state index >= 15 is 0 Å². The van der Waals surface area contributed by atoms with Crippen molar-refractivity contribution in [2.24, 2.45) is 365 Å². The van der Waals surface area contributed by atoms with Gasteiger partial charge < -0.3 is 0 Å². The van der Waals surface area contributed by atoms with Gasteiger partial charge in [0.1, 0.15) is 0 Å². The summed E-state index contributed by atoms with van der Waals surface area (Å²) in [7, 11) is 3.00. The third-order valence-corrected chi connectivity index (χ3v) is 2.79. The van der Waals surface area contributed by atoms with Gasteiger partial charge in [-0.25, -0.2) is 0 Å². The molecule has 0 aromatic carbocycles. The van der Waals surface area contributed by atoms with Crippen molar-refractivity contribution in [3.05, 3.63) is 0 Å². The summed E-state index contributed by atoms with van der Waals surface area (Å²) < 4.78 is 0. The summed E-state index contributed by atoms with van der Waals surface area (Å²) >= 11 is 0. The molecule has 0 fully saturated rings. The normalized spacial score (nSPS) is 15.4. The van der Waals surface area contributed by atoms with Crippen LogP contribution in [0.5, 0.6) is 0 Å². The molecule has 360 valence electrons. The Morgan fingerprint density at radius 1 is 0.111 bits per heavy atom. The van der Waals surface area contributed by atoms with Gasteiger partial charge in [-0.3, -0.25) is 0 Å². The van der Waals surface area contributed by atoms with Gasteiger partial charge in [-0.2, -0.15) is 5.53 Å². The Bertz CT molecular complexity index is 2320. The maximum atomic E-state index is 6.26. The van der Waals surface area contributed by atoms with Crippen molar-refractivity contribution in [2.75, 3.05) is 0 Å². The second-order valence-corrected chi connectivity index (χ2v) is 6.32. The van der Waals surface area contributed by atoms with Gasteiger partial charge >= 0.3 is 70.1 Å². The van der Waals surface area contributed by atoms with Gasteiger partial charge in [0.2, 0.25) is 0 Å². The fourth-order valence-electron chi connectivity index (χ4n) is 1.23. The first-order chi connectivity index (χ1) is 35.9. The zero-order valence-electron chi connectivity index (χ0n) is 32.5. The van der Waals surface area contributed by atoms with Crippen LogP contribution in [0, 0.1) is 5.53 Å². The fraction of sp³-hybridized carbons (Fsp3) is 0. The van der Waals surface area contributed by atoms with Crippen molar-refractivity contribution in [3.8, 4) is 0 Å². The summed E-state index contributed by atoms with van der Waals surface area (Å²) in [5.41, 5.74) is 6.26. The molecular weight excluding hydrogens is 1010 g/mol. The second kappa shape index (κ2) is 56.9. The molecular formula is H2BN71. The molecule has 0 aromatic rings. The van der Waals surface area contributed by atoms with E-state index in [0.29, 0.717) is 0 Å². The minimum absolute atomic E-state index is 2.50. The summed E-state index contributed by atoms with van der Waals surface area (Å²) in [6.07, 6.45) is 0. The smallest absolute Gasteiger partial charge is 0.183 e. The van der Waals surface area contributed by atoms with E-state index in [-0.39, 0.29) is 0 Å². The van der Waals surface area contributed by atoms with Crippen molar-refractivity contribution in [3.63, 3.8) is 0 Å². The van der Waals surface area contributed by atoms with Crippen LogP contribution in [0.3, 0.4) is 0 Å². The SMILES string of the molecule is B=N\N=N/N=N\N=N/N=N\N=N/N=N\N=N/N=N\N=N/N=N\N=N/N=N\N=N/N=N\N=N/N=N\N=N/N=N\N=N/N=N\N=N/N=N\N=N/N=N\N=N/N=N\N=N/N=N\N=N/N=N\N=N/N=N\N=N/N=N\N=N. The quantitative estimate of drug-likeness (QED) is 0.0351. The minimum atomic E-state index is 2.50. The molecule has 0 atom stereocenters. The molecule has 0 aliphatic carbocycles. The van der Waals surface area contributed by atoms with E-state index in [2.05, 4.69) is 373 Å². The number of rotatable bonds is 35. The Kier molecular flexibility index (Phi) is 45.7. The predicted molar refractivity (Wildman–Crippen MR) is 180 cm³/mol. The molecule has 0 aromatic heterocycles. The first-order valence-electron chi connectivity index (χ1n) is 14.3. The van der Waals surface area contributed by atoms with E-state index < -0.39 is 0 Å². The Morgan fingerprint density at radius 3 is 0.250 bits per heavy atom. The van der Waals surface area contributed by atoms with Gasteiger partial charge in [0, 0.05) is 261 Å². The van der Waals surface area contributed by atoms with Crippen molar-refractivity contribution in [2.45, 2.75) is 0 Å². The zero-order valence-corrected chi connectivity index (χ0v) is 32.5. The van der Waals surface area contributed by atoms with E-state index in [0.717, 1.165) is 0 Å². The third-order valence-electron chi connectivity index (χ3n) is 2.79. The van der Waals surface area contributed by atoms with Gasteiger partial charge in [0.25, 0.3) is 0 Å². The van der Waals surface area contributed by atoms with E-state index in [4.69, 9.17) is 5.53 Å². The molecule has 0 aliphatic heterocycles. The summed E-state index contributed by atoms with van der Waals surface area (Å²) in [6, 6.07) is 0. The number of hydrogen-bond acceptors (Lipinski definition) is 2. The Hall–Kier alpha value is -14.1. The Labute approximate surface area is 379 Å². The molecule has 72 heavy (non-hydrogen) atoms. The van der Waals surface area contributed by atoms with Crippen LogP contribution < -0.4 is 0 Å². The first-order valence-corrected chi connectivity index (χ1v) is 14.3. The molecule has 0 heterocycles. The summed E-state index contributed by atoms with van der Waals surface area (Å²) in [4.78, 5) is 0. The molecule has 0 unspecified atom stereocenters. The van der Waals surface area contributed by atoms with Gasteiger partial charge in [-0.1, -0.05) is 0 Å². The van der Waals surface area contributed by atoms with Crippen LogP contribution in [0.1, 0.15) is 0 Å². The molecule has 0 spiro atoms. The number of hydrogen-bond donors (Lipinski definition) is 1. The van der Waals surface area contributed by atoms with Crippen LogP contribution in [-0.4, -0.2) is 7.64 Å². The van der Waals surface area contributed by atoms with Gasteiger partial charge in [-0.15, -0.1) is 0 Å². The number of nitrogens with zero attached hydrogens (tertiary/aromatic N) is 70. The summed E-state index contributed by atoms with van der Waals surface area (Å²) in [5, 5.41) is 209. The standard InChI is InChI=1S/BH2N71/c1-3-5-7-9-11-13-15-17-19-21-23-25-27-29-31-33-35-37-39-41-43-45-47-49-51-53-55-57-59-61-63-65-67-69-71-72-70-68-66-64-62-60-58-56-54-52-50-48-46-44-42-40-38-36-34-32-30-28-26-24-22-20-18-16-14-12-10-8-6-4-2/h1-2H/b4-2?,7-5-,8-6-,11-9-,12-10-,15-13-,16-14-,19-17-,20-18-,23-21-,24-22-,27-25-,28-26-,31-29-,32-30-,35-33-,36-34-,39-37-,40-38-,43-41-,44-42-,47-45-,48-46-,51-49-,52-50-,55-53-,56-54-,59-57-,60-58-,63-61-,64-62-,67-65-,68-66-,71-69-,72-70-. The summed E-state index contributed by atoms with van der Waals surface area (Å²) in [6.45, 7) is 0. The monoisotopic (exact) mass is 1010 g/mol. The van der Waals surface area contributed by atoms with E-state index in [1.807, 2.05) is 0 Å². The number of nitrogens with one attached hydrogen (secondary N) is 1. The molecule has 0 aliphatic rings. The first kappa shape index (κ1) is 57.9. The molecule has 1 N–H and O–H groups in total. The molecule has 0 saturated heterocycles. The molecule has 0 radical (unpaired) electrons. The van der Waals surface area contributed by atoms with Gasteiger partial charge in [0.15, 0.2) is 0 Å². The molecule has 71 nitrogen and oxygen atoms in total. The van der Waals surface area contributed by atoms with Crippen LogP contribution in [-0.2, 0) is 0 Å². The average Bonchev–Trinajstić information content (AvgIpc) is 3.39. The molecule has 0 amide bonds. The Balaban J connectivity index is 4.09. The predicted octanol–water partition coefficient (Wildman–Crippen LogP) is 12.5. The van der Waals surface area contributed by atoms with E-state index in [1.54, 1.807) is 0 Å². The van der Waals surface area contributed by atoms with Crippen LogP contribution in [0.2, 0.25) is 0 Å². The summed E-state index contributed by atoms with van der Waals surface area (Å²) in [5.74, 6) is 0. The zero-order chi connectivity index (χ0) is 51.5. The third kappa shape index (κ3) is 55.9. The van der Waals surface area contributed by atoms with Crippen molar-refractivity contribution < 1.29 is 0 Å². The van der Waals surface area contributed by atoms with E-state index in [1.165, 1.54) is 0 Å². The second-order valence-electron chi connectivity index (χ2n) is 6.32. The average molecular weight is 1010 g/mol. The Morgan fingerprint density at radius 2 is 0.181 bits per heavy atom. The molecule has 0 bridgehead atoms. The van der Waals surface area contributed by atoms with Crippen LogP contribution >= 0.6 is 0 Å². The van der Waals surface area contributed by atoms with Crippen LogP contribution in [0.4, 0.5) is 0 Å². The molecule has 72 heteroatoms. The van der Waals surface area contributed by atoms with Crippen LogP contribution in [0.15, 0.2) is 365 Å². The van der Waals surface area contributed by atoms with E-state index in [9.17, 15) is 0 Å². The van der Waals surface area contributed by atoms with Gasteiger partial charge in [0.05, 0.1) is 0 Å². The van der Waals surface area contributed by atoms with Gasteiger partial charge in [-0.05, 0) is 41.8 Å². The van der Waals surface area contributed by atoms with Crippen molar-refractivity contribution in [1.29, 1.82) is 5.53 Å². The van der Waals surface area contributed by atoms with Crippen molar-refractivity contribution in [1.82, 2.24) is 0 Å².